The third-order valence-electron chi connectivity index (χ3n) is 8.92. The molecule has 6 rings (SSSR count). The zero-order chi connectivity index (χ0) is 33.9. The van der Waals surface area contributed by atoms with Gasteiger partial charge in [-0.15, -0.1) is 0 Å². The van der Waals surface area contributed by atoms with Gasteiger partial charge in [0.25, 0.3) is 5.91 Å². The van der Waals surface area contributed by atoms with Crippen LogP contribution in [0.25, 0.3) is 5.57 Å². The summed E-state index contributed by atoms with van der Waals surface area (Å²) in [5, 5.41) is 4.74. The summed E-state index contributed by atoms with van der Waals surface area (Å²) in [6.07, 6.45) is 2.53. The Bertz CT molecular complexity index is 1710. The van der Waals surface area contributed by atoms with Gasteiger partial charge >= 0.3 is 0 Å². The average Bonchev–Trinajstić information content (AvgIpc) is 3.93. The Morgan fingerprint density at radius 2 is 1.56 bits per heavy atom. The Balaban J connectivity index is 1.23. The number of nitrogens with zero attached hydrogens (tertiary/aromatic N) is 2. The number of ether oxygens (including phenoxy) is 4. The number of hydrogen-bond donors (Lipinski definition) is 1. The van der Waals surface area contributed by atoms with Gasteiger partial charge in [0.15, 0.2) is 11.5 Å². The summed E-state index contributed by atoms with van der Waals surface area (Å²) in [5.41, 5.74) is 3.63. The Morgan fingerprint density at radius 1 is 0.854 bits per heavy atom. The van der Waals surface area contributed by atoms with Gasteiger partial charge in [0.1, 0.15) is 24.7 Å². The molecule has 1 unspecified atom stereocenters. The molecule has 2 amide bonds. The van der Waals surface area contributed by atoms with E-state index in [9.17, 15) is 9.59 Å². The van der Waals surface area contributed by atoms with Crippen LogP contribution in [0.4, 0.5) is 0 Å². The van der Waals surface area contributed by atoms with Crippen LogP contribution in [-0.4, -0.2) is 80.3 Å². The predicted octanol–water partition coefficient (Wildman–Crippen LogP) is 6.66. The van der Waals surface area contributed by atoms with E-state index in [1.807, 2.05) is 52.3 Å². The lowest BCUT2D eigenvalue weighted by Gasteiger charge is -2.44. The van der Waals surface area contributed by atoms with E-state index >= 15 is 0 Å². The summed E-state index contributed by atoms with van der Waals surface area (Å²) in [4.78, 5) is 30.9. The van der Waals surface area contributed by atoms with Crippen molar-refractivity contribution >= 4 is 52.2 Å². The van der Waals surface area contributed by atoms with Gasteiger partial charge in [0.05, 0.1) is 35.3 Å². The van der Waals surface area contributed by atoms with Gasteiger partial charge in [-0.3, -0.25) is 9.59 Å². The van der Waals surface area contributed by atoms with Gasteiger partial charge in [-0.05, 0) is 66.3 Å². The maximum absolute atomic E-state index is 14.6. The van der Waals surface area contributed by atoms with E-state index in [0.717, 1.165) is 29.5 Å². The van der Waals surface area contributed by atoms with E-state index in [0.29, 0.717) is 69.7 Å². The molecular weight excluding hydrogens is 677 g/mol. The van der Waals surface area contributed by atoms with E-state index in [4.69, 9.17) is 53.8 Å². The quantitative estimate of drug-likeness (QED) is 0.166. The summed E-state index contributed by atoms with van der Waals surface area (Å²) < 4.78 is 22.6. The molecule has 1 saturated heterocycles. The topological polar surface area (TPSA) is 89.6 Å². The fourth-order valence-corrected chi connectivity index (χ4v) is 6.98. The van der Waals surface area contributed by atoms with Crippen molar-refractivity contribution in [1.82, 2.24) is 15.1 Å². The minimum atomic E-state index is -0.281. The Labute approximate surface area is 295 Å². The molecule has 2 bridgehead atoms. The van der Waals surface area contributed by atoms with Crippen LogP contribution in [0.1, 0.15) is 37.3 Å². The first-order valence-corrected chi connectivity index (χ1v) is 17.1. The third kappa shape index (κ3) is 7.65. The Morgan fingerprint density at radius 3 is 2.25 bits per heavy atom. The lowest BCUT2D eigenvalue weighted by atomic mass is 9.82. The zero-order valence-electron chi connectivity index (χ0n) is 27.1. The number of benzene rings is 3. The van der Waals surface area contributed by atoms with Crippen LogP contribution in [-0.2, 0) is 16.1 Å². The number of nitrogens with one attached hydrogen (secondary N) is 1. The first-order chi connectivity index (χ1) is 23.1. The van der Waals surface area contributed by atoms with Gasteiger partial charge in [-0.1, -0.05) is 53.0 Å². The summed E-state index contributed by atoms with van der Waals surface area (Å²) in [7, 11) is 3.21. The molecule has 3 aromatic rings. The molecule has 9 nitrogen and oxygen atoms in total. The summed E-state index contributed by atoms with van der Waals surface area (Å²) in [5.74, 6) is 2.36. The second-order valence-electron chi connectivity index (χ2n) is 12.2. The number of carbonyl (C=O) groups is 2. The first kappa shape index (κ1) is 34.2. The molecule has 3 aromatic carbocycles. The van der Waals surface area contributed by atoms with Crippen LogP contribution in [0.15, 0.2) is 60.2 Å². The van der Waals surface area contributed by atoms with Crippen LogP contribution in [0, 0.1) is 0 Å². The average molecular weight is 715 g/mol. The highest BCUT2D eigenvalue weighted by molar-refractivity contribution is 6.43. The maximum atomic E-state index is 14.6. The number of halogens is 3. The van der Waals surface area contributed by atoms with Crippen molar-refractivity contribution in [3.63, 3.8) is 0 Å². The van der Waals surface area contributed by atoms with Crippen molar-refractivity contribution in [3.8, 4) is 23.0 Å². The molecule has 1 saturated carbocycles. The van der Waals surface area contributed by atoms with Crippen molar-refractivity contribution in [2.24, 2.45) is 0 Å². The minimum Gasteiger partial charge on any atom is -0.493 e. The normalized spacial score (nSPS) is 18.8. The zero-order valence-corrected chi connectivity index (χ0v) is 29.3. The summed E-state index contributed by atoms with van der Waals surface area (Å²) in [6, 6.07) is 16.6. The third-order valence-corrected chi connectivity index (χ3v) is 9.93. The second kappa shape index (κ2) is 14.9. The number of amides is 2. The smallest absolute Gasteiger partial charge is 0.252 e. The van der Waals surface area contributed by atoms with Gasteiger partial charge in [0.2, 0.25) is 5.91 Å². The molecule has 12 heteroatoms. The number of piperazine rings is 1. The second-order valence-corrected chi connectivity index (χ2v) is 13.4. The van der Waals surface area contributed by atoms with Gasteiger partial charge in [-0.25, -0.2) is 0 Å². The molecule has 2 heterocycles. The van der Waals surface area contributed by atoms with Crippen molar-refractivity contribution < 1.29 is 28.5 Å². The molecule has 2 atom stereocenters. The van der Waals surface area contributed by atoms with Crippen molar-refractivity contribution in [2.45, 2.75) is 50.9 Å². The molecule has 1 N–H and O–H groups in total. The van der Waals surface area contributed by atoms with Crippen molar-refractivity contribution in [3.05, 3.63) is 86.4 Å². The van der Waals surface area contributed by atoms with Crippen LogP contribution >= 0.6 is 34.8 Å². The number of rotatable bonds is 12. The van der Waals surface area contributed by atoms with Gasteiger partial charge in [0, 0.05) is 50.3 Å². The van der Waals surface area contributed by atoms with Crippen LogP contribution in [0.2, 0.25) is 15.1 Å². The van der Waals surface area contributed by atoms with Crippen LogP contribution in [0.3, 0.4) is 0 Å². The highest BCUT2D eigenvalue weighted by Gasteiger charge is 2.43. The fraction of sp³-hybridized carbons (Fsp3) is 0.389. The van der Waals surface area contributed by atoms with Crippen LogP contribution in [0.5, 0.6) is 23.0 Å². The molecule has 0 spiro atoms. The predicted molar refractivity (Wildman–Crippen MR) is 187 cm³/mol. The highest BCUT2D eigenvalue weighted by atomic mass is 35.5. The largest absolute Gasteiger partial charge is 0.493 e. The number of methoxy groups -OCH3 is 2. The molecule has 0 aromatic heterocycles. The molecule has 0 radical (unpaired) electrons. The van der Waals surface area contributed by atoms with Gasteiger partial charge in [-0.2, -0.15) is 0 Å². The van der Waals surface area contributed by atoms with Crippen molar-refractivity contribution in [2.75, 3.05) is 40.5 Å². The van der Waals surface area contributed by atoms with E-state index in [1.54, 1.807) is 33.3 Å². The standard InChI is InChI=1S/C36H38Cl3N3O6/c1-21(43)41-19-24-15-27(23-5-9-26(10-6-23)47-12-13-48-33-17-29(38)28(37)16-30(33)39)35(31(20-41)40-24)36(44)42(25-7-8-25)18-22-4-11-32(45-2)34(14-22)46-3/h4-6,9-11,14,16-17,24-25,31,40H,7-8,12-13,15,18-20H2,1-3H3/t24?,31-/m1/s1. The summed E-state index contributed by atoms with van der Waals surface area (Å²) in [6.45, 7) is 3.60. The monoisotopic (exact) mass is 713 g/mol. The lowest BCUT2D eigenvalue weighted by molar-refractivity contribution is -0.132. The van der Waals surface area contributed by atoms with Gasteiger partial charge < -0.3 is 34.1 Å². The van der Waals surface area contributed by atoms with E-state index in [1.165, 1.54) is 0 Å². The lowest BCUT2D eigenvalue weighted by Crippen LogP contribution is -2.61. The highest BCUT2D eigenvalue weighted by Crippen LogP contribution is 2.39. The van der Waals surface area contributed by atoms with E-state index in [2.05, 4.69) is 5.32 Å². The molecular formula is C36H38Cl3N3O6. The first-order valence-electron chi connectivity index (χ1n) is 15.9. The molecule has 254 valence electrons. The Kier molecular flexibility index (Phi) is 10.6. The van der Waals surface area contributed by atoms with E-state index in [-0.39, 0.29) is 43.2 Å². The SMILES string of the molecule is COc1ccc(CN(C(=O)C2=C(c3ccc(OCCOc4cc(Cl)c(Cl)cc4Cl)cc3)CC3CN(C(C)=O)C[C@H]2N3)C2CC2)cc1OC. The molecule has 2 aliphatic heterocycles. The number of hydrogen-bond acceptors (Lipinski definition) is 7. The van der Waals surface area contributed by atoms with Crippen molar-refractivity contribution in [1.29, 1.82) is 0 Å². The Hall–Kier alpha value is -3.63. The summed E-state index contributed by atoms with van der Waals surface area (Å²) >= 11 is 18.3. The molecule has 48 heavy (non-hydrogen) atoms. The molecule has 2 fully saturated rings. The minimum absolute atomic E-state index is 0.0120. The maximum Gasteiger partial charge on any atom is 0.252 e. The van der Waals surface area contributed by atoms with E-state index < -0.39 is 0 Å². The number of fused-ring (bicyclic) bond motifs is 2. The fourth-order valence-electron chi connectivity index (χ4n) is 6.39. The molecule has 1 aliphatic carbocycles. The molecule has 3 aliphatic rings. The number of carbonyl (C=O) groups excluding carboxylic acids is 2. The van der Waals surface area contributed by atoms with Crippen LogP contribution < -0.4 is 24.3 Å².